The summed E-state index contributed by atoms with van der Waals surface area (Å²) in [5, 5.41) is 0. The quantitative estimate of drug-likeness (QED) is 0.607. The maximum atomic E-state index is 10.9. The van der Waals surface area contributed by atoms with Gasteiger partial charge >= 0.3 is 0 Å². The minimum absolute atomic E-state index is 0.313. The molecule has 1 saturated heterocycles. The zero-order chi connectivity index (χ0) is 8.69. The largest absolute Gasteiger partial charge is 0.343 e. The topological polar surface area (TPSA) is 46.3 Å². The SMILES string of the molecule is CCC(=O)N1CCCC1.CN. The zero-order valence-corrected chi connectivity index (χ0v) is 7.47. The molecule has 0 bridgehead atoms. The molecule has 0 saturated carbocycles. The molecule has 1 fully saturated rings. The third-order valence-corrected chi connectivity index (χ3v) is 1.76. The first kappa shape index (κ1) is 10.4. The molecule has 3 nitrogen and oxygen atoms in total. The summed E-state index contributed by atoms with van der Waals surface area (Å²) in [6.45, 7) is 3.90. The van der Waals surface area contributed by atoms with Crippen molar-refractivity contribution in [3.05, 3.63) is 0 Å². The molecule has 0 aromatic heterocycles. The summed E-state index contributed by atoms with van der Waals surface area (Å²) >= 11 is 0. The highest BCUT2D eigenvalue weighted by Gasteiger charge is 2.14. The molecule has 1 heterocycles. The minimum Gasteiger partial charge on any atom is -0.343 e. The van der Waals surface area contributed by atoms with Crippen LogP contribution in [0.1, 0.15) is 26.2 Å². The van der Waals surface area contributed by atoms with E-state index in [4.69, 9.17) is 0 Å². The first-order valence-electron chi connectivity index (χ1n) is 4.20. The van der Waals surface area contributed by atoms with Gasteiger partial charge in [-0.2, -0.15) is 0 Å². The molecule has 66 valence electrons. The molecular formula is C8H18N2O. The average Bonchev–Trinajstić information content (AvgIpc) is 2.59. The highest BCUT2D eigenvalue weighted by Crippen LogP contribution is 2.07. The van der Waals surface area contributed by atoms with Crippen LogP contribution in [0.2, 0.25) is 0 Å². The van der Waals surface area contributed by atoms with Crippen LogP contribution >= 0.6 is 0 Å². The summed E-state index contributed by atoms with van der Waals surface area (Å²) in [5.41, 5.74) is 4.50. The van der Waals surface area contributed by atoms with Gasteiger partial charge < -0.3 is 10.6 Å². The van der Waals surface area contributed by atoms with E-state index in [0.717, 1.165) is 13.1 Å². The fraction of sp³-hybridized carbons (Fsp3) is 0.875. The van der Waals surface area contributed by atoms with E-state index in [9.17, 15) is 4.79 Å². The molecule has 1 aliphatic heterocycles. The summed E-state index contributed by atoms with van der Waals surface area (Å²) in [6.07, 6.45) is 3.07. The summed E-state index contributed by atoms with van der Waals surface area (Å²) in [7, 11) is 1.50. The second-order valence-corrected chi connectivity index (χ2v) is 2.44. The lowest BCUT2D eigenvalue weighted by Crippen LogP contribution is -2.26. The molecule has 1 amide bonds. The minimum atomic E-state index is 0.313. The van der Waals surface area contributed by atoms with Crippen LogP contribution in [0.5, 0.6) is 0 Å². The van der Waals surface area contributed by atoms with Gasteiger partial charge in [0.25, 0.3) is 0 Å². The fourth-order valence-electron chi connectivity index (χ4n) is 1.19. The maximum Gasteiger partial charge on any atom is 0.222 e. The molecule has 0 unspecified atom stereocenters. The Balaban J connectivity index is 0.000000461. The Morgan fingerprint density at radius 2 is 1.82 bits per heavy atom. The van der Waals surface area contributed by atoms with E-state index in [0.29, 0.717) is 12.3 Å². The number of likely N-dealkylation sites (tertiary alicyclic amines) is 1. The predicted octanol–water partition coefficient (Wildman–Crippen LogP) is 0.594. The Bertz CT molecular complexity index is 109. The van der Waals surface area contributed by atoms with E-state index in [-0.39, 0.29) is 0 Å². The van der Waals surface area contributed by atoms with Crippen molar-refractivity contribution in [2.75, 3.05) is 20.1 Å². The summed E-state index contributed by atoms with van der Waals surface area (Å²) in [6, 6.07) is 0. The molecular weight excluding hydrogens is 140 g/mol. The van der Waals surface area contributed by atoms with Crippen LogP contribution in [0.4, 0.5) is 0 Å². The number of carbonyl (C=O) groups is 1. The van der Waals surface area contributed by atoms with Crippen LogP contribution in [0.25, 0.3) is 0 Å². The standard InChI is InChI=1S/C7H13NO.CH5N/c1-2-7(9)8-5-3-4-6-8;1-2/h2-6H2,1H3;2H2,1H3. The van der Waals surface area contributed by atoms with Crippen molar-refractivity contribution in [1.29, 1.82) is 0 Å². The molecule has 0 radical (unpaired) electrons. The molecule has 0 aliphatic carbocycles. The van der Waals surface area contributed by atoms with Gasteiger partial charge in [-0.1, -0.05) is 6.92 Å². The molecule has 1 aliphatic rings. The van der Waals surface area contributed by atoms with Crippen molar-refractivity contribution in [3.63, 3.8) is 0 Å². The summed E-state index contributed by atoms with van der Waals surface area (Å²) in [4.78, 5) is 12.9. The Kier molecular flexibility index (Phi) is 5.84. The van der Waals surface area contributed by atoms with Crippen molar-refractivity contribution in [3.8, 4) is 0 Å². The second-order valence-electron chi connectivity index (χ2n) is 2.44. The first-order valence-corrected chi connectivity index (χ1v) is 4.20. The van der Waals surface area contributed by atoms with Crippen LogP contribution in [0.15, 0.2) is 0 Å². The van der Waals surface area contributed by atoms with Crippen molar-refractivity contribution >= 4 is 5.91 Å². The van der Waals surface area contributed by atoms with Crippen molar-refractivity contribution in [2.24, 2.45) is 5.73 Å². The van der Waals surface area contributed by atoms with Crippen LogP contribution < -0.4 is 5.73 Å². The monoisotopic (exact) mass is 158 g/mol. The Morgan fingerprint density at radius 3 is 2.18 bits per heavy atom. The highest BCUT2D eigenvalue weighted by atomic mass is 16.2. The number of rotatable bonds is 1. The Labute approximate surface area is 68.6 Å². The molecule has 1 rings (SSSR count). The fourth-order valence-corrected chi connectivity index (χ4v) is 1.19. The smallest absolute Gasteiger partial charge is 0.222 e. The van der Waals surface area contributed by atoms with Crippen LogP contribution in [-0.2, 0) is 4.79 Å². The molecule has 0 atom stereocenters. The lowest BCUT2D eigenvalue weighted by atomic mass is 10.4. The summed E-state index contributed by atoms with van der Waals surface area (Å²) in [5.74, 6) is 0.313. The number of hydrogen-bond donors (Lipinski definition) is 1. The average molecular weight is 158 g/mol. The van der Waals surface area contributed by atoms with Crippen molar-refractivity contribution in [2.45, 2.75) is 26.2 Å². The number of nitrogens with zero attached hydrogens (tertiary/aromatic N) is 1. The predicted molar refractivity (Wildman–Crippen MR) is 46.2 cm³/mol. The van der Waals surface area contributed by atoms with Gasteiger partial charge in [-0.25, -0.2) is 0 Å². The third kappa shape index (κ3) is 3.37. The van der Waals surface area contributed by atoms with Gasteiger partial charge in [-0.05, 0) is 19.9 Å². The number of amides is 1. The van der Waals surface area contributed by atoms with Gasteiger partial charge in [0.1, 0.15) is 0 Å². The normalized spacial score (nSPS) is 15.7. The van der Waals surface area contributed by atoms with Gasteiger partial charge in [-0.3, -0.25) is 4.79 Å². The van der Waals surface area contributed by atoms with E-state index < -0.39 is 0 Å². The Hall–Kier alpha value is -0.570. The maximum absolute atomic E-state index is 10.9. The van der Waals surface area contributed by atoms with Crippen molar-refractivity contribution < 1.29 is 4.79 Å². The van der Waals surface area contributed by atoms with E-state index in [1.165, 1.54) is 19.9 Å². The summed E-state index contributed by atoms with van der Waals surface area (Å²) < 4.78 is 0. The third-order valence-electron chi connectivity index (χ3n) is 1.76. The number of carbonyl (C=O) groups excluding carboxylic acids is 1. The zero-order valence-electron chi connectivity index (χ0n) is 7.47. The lowest BCUT2D eigenvalue weighted by Gasteiger charge is -2.12. The Morgan fingerprint density at radius 1 is 1.36 bits per heavy atom. The first-order chi connectivity index (χ1) is 5.34. The molecule has 0 aromatic carbocycles. The molecule has 0 aromatic rings. The lowest BCUT2D eigenvalue weighted by molar-refractivity contribution is -0.129. The van der Waals surface area contributed by atoms with E-state index in [2.05, 4.69) is 5.73 Å². The van der Waals surface area contributed by atoms with Crippen LogP contribution in [0, 0.1) is 0 Å². The van der Waals surface area contributed by atoms with Crippen LogP contribution in [-0.4, -0.2) is 30.9 Å². The van der Waals surface area contributed by atoms with Gasteiger partial charge in [0.15, 0.2) is 0 Å². The number of hydrogen-bond acceptors (Lipinski definition) is 2. The van der Waals surface area contributed by atoms with Gasteiger partial charge in [0.05, 0.1) is 0 Å². The van der Waals surface area contributed by atoms with E-state index >= 15 is 0 Å². The van der Waals surface area contributed by atoms with E-state index in [1.54, 1.807) is 0 Å². The molecule has 3 heteroatoms. The molecule has 11 heavy (non-hydrogen) atoms. The van der Waals surface area contributed by atoms with Gasteiger partial charge in [0, 0.05) is 19.5 Å². The second kappa shape index (κ2) is 6.16. The highest BCUT2D eigenvalue weighted by molar-refractivity contribution is 5.75. The van der Waals surface area contributed by atoms with Crippen molar-refractivity contribution in [1.82, 2.24) is 4.90 Å². The molecule has 0 spiro atoms. The molecule has 2 N–H and O–H groups in total. The van der Waals surface area contributed by atoms with Gasteiger partial charge in [-0.15, -0.1) is 0 Å². The number of nitrogens with two attached hydrogens (primary N) is 1. The van der Waals surface area contributed by atoms with Gasteiger partial charge in [0.2, 0.25) is 5.91 Å². The van der Waals surface area contributed by atoms with E-state index in [1.807, 2.05) is 11.8 Å². The van der Waals surface area contributed by atoms with Crippen LogP contribution in [0.3, 0.4) is 0 Å².